The summed E-state index contributed by atoms with van der Waals surface area (Å²) in [7, 11) is 0. The maximum Gasteiger partial charge on any atom is 0.0300 e. The summed E-state index contributed by atoms with van der Waals surface area (Å²) in [6.45, 7) is 4.42. The fraction of sp³-hybridized carbons (Fsp3) is 0.600. The maximum atomic E-state index is 6.34. The lowest BCUT2D eigenvalue weighted by Gasteiger charge is -2.17. The van der Waals surface area contributed by atoms with Crippen LogP contribution in [0.15, 0.2) is 18.2 Å². The Balaban J connectivity index is 2.20. The molecule has 1 unspecified atom stereocenters. The molecule has 16 heavy (non-hydrogen) atoms. The standard InChI is InChI=1S/C15H23N/c1-3-11-7-8-13(4-2)14(9-11)15(16)10-12-5-6-12/h7-9,12,15H,3-6,10,16H2,1-2H3. The first-order valence-electron chi connectivity index (χ1n) is 6.61. The highest BCUT2D eigenvalue weighted by Crippen LogP contribution is 2.37. The second-order valence-corrected chi connectivity index (χ2v) is 5.03. The first kappa shape index (κ1) is 11.7. The molecule has 0 spiro atoms. The minimum atomic E-state index is 0.258. The molecule has 0 amide bonds. The number of benzene rings is 1. The SMILES string of the molecule is CCc1ccc(CC)c(C(N)CC2CC2)c1. The van der Waals surface area contributed by atoms with Crippen molar-refractivity contribution in [2.75, 3.05) is 0 Å². The molecule has 0 aromatic heterocycles. The Bertz CT molecular complexity index is 352. The average Bonchev–Trinajstić information content (AvgIpc) is 3.12. The van der Waals surface area contributed by atoms with Gasteiger partial charge in [0.25, 0.3) is 0 Å². The van der Waals surface area contributed by atoms with Crippen molar-refractivity contribution in [3.8, 4) is 0 Å². The summed E-state index contributed by atoms with van der Waals surface area (Å²) in [5, 5.41) is 0. The van der Waals surface area contributed by atoms with E-state index in [-0.39, 0.29) is 6.04 Å². The lowest BCUT2D eigenvalue weighted by molar-refractivity contribution is 0.592. The van der Waals surface area contributed by atoms with Gasteiger partial charge in [-0.05, 0) is 41.9 Å². The predicted octanol–water partition coefficient (Wildman–Crippen LogP) is 3.61. The molecule has 1 aromatic rings. The molecule has 1 heteroatoms. The number of nitrogens with two attached hydrogens (primary N) is 1. The Morgan fingerprint density at radius 3 is 2.56 bits per heavy atom. The molecule has 1 atom stereocenters. The van der Waals surface area contributed by atoms with E-state index in [9.17, 15) is 0 Å². The minimum absolute atomic E-state index is 0.258. The normalized spacial score (nSPS) is 17.4. The van der Waals surface area contributed by atoms with Crippen LogP contribution in [0.25, 0.3) is 0 Å². The highest BCUT2D eigenvalue weighted by atomic mass is 14.6. The molecule has 1 aromatic carbocycles. The maximum absolute atomic E-state index is 6.34. The summed E-state index contributed by atoms with van der Waals surface area (Å²) >= 11 is 0. The Labute approximate surface area is 99.0 Å². The van der Waals surface area contributed by atoms with Crippen molar-refractivity contribution in [1.82, 2.24) is 0 Å². The molecule has 0 aliphatic heterocycles. The summed E-state index contributed by atoms with van der Waals surface area (Å²) in [6, 6.07) is 7.09. The lowest BCUT2D eigenvalue weighted by Crippen LogP contribution is -2.13. The molecular weight excluding hydrogens is 194 g/mol. The number of hydrogen-bond donors (Lipinski definition) is 1. The van der Waals surface area contributed by atoms with Crippen LogP contribution in [-0.2, 0) is 12.8 Å². The Kier molecular flexibility index (Phi) is 3.65. The van der Waals surface area contributed by atoms with E-state index >= 15 is 0 Å². The monoisotopic (exact) mass is 217 g/mol. The van der Waals surface area contributed by atoms with E-state index in [1.165, 1.54) is 36.0 Å². The molecule has 0 bridgehead atoms. The molecule has 2 rings (SSSR count). The third-order valence-electron chi connectivity index (χ3n) is 3.68. The van der Waals surface area contributed by atoms with Gasteiger partial charge in [-0.3, -0.25) is 0 Å². The van der Waals surface area contributed by atoms with Gasteiger partial charge in [-0.15, -0.1) is 0 Å². The van der Waals surface area contributed by atoms with Gasteiger partial charge in [0.1, 0.15) is 0 Å². The summed E-state index contributed by atoms with van der Waals surface area (Å²) in [5.41, 5.74) is 10.6. The second-order valence-electron chi connectivity index (χ2n) is 5.03. The molecule has 1 saturated carbocycles. The van der Waals surface area contributed by atoms with Gasteiger partial charge in [0, 0.05) is 6.04 Å². The zero-order valence-corrected chi connectivity index (χ0v) is 10.5. The molecule has 1 aliphatic carbocycles. The second kappa shape index (κ2) is 5.01. The minimum Gasteiger partial charge on any atom is -0.324 e. The van der Waals surface area contributed by atoms with Crippen LogP contribution in [0.2, 0.25) is 0 Å². The largest absolute Gasteiger partial charge is 0.324 e. The van der Waals surface area contributed by atoms with Crippen molar-refractivity contribution in [3.05, 3.63) is 34.9 Å². The van der Waals surface area contributed by atoms with Crippen LogP contribution in [0.5, 0.6) is 0 Å². The van der Waals surface area contributed by atoms with E-state index in [1.807, 2.05) is 0 Å². The van der Waals surface area contributed by atoms with Gasteiger partial charge >= 0.3 is 0 Å². The van der Waals surface area contributed by atoms with Crippen LogP contribution >= 0.6 is 0 Å². The van der Waals surface area contributed by atoms with E-state index in [1.54, 1.807) is 0 Å². The van der Waals surface area contributed by atoms with Crippen LogP contribution in [0, 0.1) is 5.92 Å². The molecule has 0 saturated heterocycles. The summed E-state index contributed by atoms with van der Waals surface area (Å²) in [5.74, 6) is 0.907. The van der Waals surface area contributed by atoms with Crippen LogP contribution in [-0.4, -0.2) is 0 Å². The Morgan fingerprint density at radius 2 is 2.00 bits per heavy atom. The summed E-state index contributed by atoms with van der Waals surface area (Å²) in [6.07, 6.45) is 6.16. The molecule has 0 heterocycles. The molecule has 1 nitrogen and oxygen atoms in total. The zero-order valence-electron chi connectivity index (χ0n) is 10.5. The van der Waals surface area contributed by atoms with E-state index in [2.05, 4.69) is 32.0 Å². The average molecular weight is 217 g/mol. The van der Waals surface area contributed by atoms with Crippen molar-refractivity contribution < 1.29 is 0 Å². The Morgan fingerprint density at radius 1 is 1.25 bits per heavy atom. The van der Waals surface area contributed by atoms with E-state index in [4.69, 9.17) is 5.73 Å². The summed E-state index contributed by atoms with van der Waals surface area (Å²) in [4.78, 5) is 0. The van der Waals surface area contributed by atoms with Crippen molar-refractivity contribution in [3.63, 3.8) is 0 Å². The van der Waals surface area contributed by atoms with Gasteiger partial charge in [0.05, 0.1) is 0 Å². The van der Waals surface area contributed by atoms with Crippen LogP contribution in [0.3, 0.4) is 0 Å². The molecule has 2 N–H and O–H groups in total. The summed E-state index contributed by atoms with van der Waals surface area (Å²) < 4.78 is 0. The van der Waals surface area contributed by atoms with Gasteiger partial charge in [0.2, 0.25) is 0 Å². The molecular formula is C15H23N. The lowest BCUT2D eigenvalue weighted by atomic mass is 9.93. The zero-order chi connectivity index (χ0) is 11.5. The predicted molar refractivity (Wildman–Crippen MR) is 69.5 cm³/mol. The van der Waals surface area contributed by atoms with Crippen molar-refractivity contribution in [2.45, 2.75) is 52.0 Å². The number of aryl methyl sites for hydroxylation is 2. The fourth-order valence-corrected chi connectivity index (χ4v) is 2.37. The van der Waals surface area contributed by atoms with E-state index in [0.29, 0.717) is 0 Å². The van der Waals surface area contributed by atoms with Crippen LogP contribution < -0.4 is 5.73 Å². The first-order chi connectivity index (χ1) is 7.74. The number of rotatable bonds is 5. The van der Waals surface area contributed by atoms with Crippen molar-refractivity contribution in [1.29, 1.82) is 0 Å². The van der Waals surface area contributed by atoms with Crippen LogP contribution in [0.1, 0.15) is 55.8 Å². The first-order valence-corrected chi connectivity index (χ1v) is 6.61. The third kappa shape index (κ3) is 2.65. The quantitative estimate of drug-likeness (QED) is 0.801. The highest BCUT2D eigenvalue weighted by molar-refractivity contribution is 5.34. The van der Waals surface area contributed by atoms with Gasteiger partial charge in [-0.25, -0.2) is 0 Å². The van der Waals surface area contributed by atoms with Gasteiger partial charge < -0.3 is 5.73 Å². The van der Waals surface area contributed by atoms with E-state index in [0.717, 1.165) is 18.8 Å². The topological polar surface area (TPSA) is 26.0 Å². The van der Waals surface area contributed by atoms with Gasteiger partial charge in [0.15, 0.2) is 0 Å². The Hall–Kier alpha value is -0.820. The van der Waals surface area contributed by atoms with Gasteiger partial charge in [-0.2, -0.15) is 0 Å². The van der Waals surface area contributed by atoms with Crippen LogP contribution in [0.4, 0.5) is 0 Å². The fourth-order valence-electron chi connectivity index (χ4n) is 2.37. The molecule has 1 aliphatic rings. The van der Waals surface area contributed by atoms with Crippen molar-refractivity contribution >= 4 is 0 Å². The number of hydrogen-bond acceptors (Lipinski definition) is 1. The van der Waals surface area contributed by atoms with E-state index < -0.39 is 0 Å². The van der Waals surface area contributed by atoms with Gasteiger partial charge in [-0.1, -0.05) is 44.9 Å². The molecule has 88 valence electrons. The third-order valence-corrected chi connectivity index (χ3v) is 3.68. The van der Waals surface area contributed by atoms with Crippen molar-refractivity contribution in [2.24, 2.45) is 11.7 Å². The smallest absolute Gasteiger partial charge is 0.0300 e. The molecule has 1 fully saturated rings. The highest BCUT2D eigenvalue weighted by Gasteiger charge is 2.25. The molecule has 0 radical (unpaired) electrons.